The number of rotatable bonds is 4. The van der Waals surface area contributed by atoms with Crippen molar-refractivity contribution in [1.82, 2.24) is 14.7 Å². The molecular formula is C15H17N3O3. The number of fused-ring (bicyclic) bond motifs is 1. The summed E-state index contributed by atoms with van der Waals surface area (Å²) in [5.74, 6) is -1.16. The molecule has 2 aromatic rings. The van der Waals surface area contributed by atoms with E-state index < -0.39 is 11.4 Å². The van der Waals surface area contributed by atoms with E-state index >= 15 is 0 Å². The fourth-order valence-corrected chi connectivity index (χ4v) is 2.67. The Morgan fingerprint density at radius 2 is 2.19 bits per heavy atom. The van der Waals surface area contributed by atoms with Crippen LogP contribution in [-0.2, 0) is 4.79 Å². The molecule has 3 rings (SSSR count). The van der Waals surface area contributed by atoms with Gasteiger partial charge in [-0.1, -0.05) is 12.5 Å². The van der Waals surface area contributed by atoms with Gasteiger partial charge in [-0.25, -0.2) is 4.98 Å². The fraction of sp³-hybridized carbons (Fsp3) is 0.400. The van der Waals surface area contributed by atoms with Crippen LogP contribution in [0.1, 0.15) is 35.4 Å². The minimum absolute atomic E-state index is 0.161. The first-order valence-corrected chi connectivity index (χ1v) is 6.98. The van der Waals surface area contributed by atoms with Gasteiger partial charge in [-0.2, -0.15) is 0 Å². The molecule has 6 heteroatoms. The molecule has 2 heterocycles. The average molecular weight is 287 g/mol. The molecule has 0 unspecified atom stereocenters. The number of carboxylic acids is 1. The Labute approximate surface area is 121 Å². The lowest BCUT2D eigenvalue weighted by Crippen LogP contribution is -2.47. The van der Waals surface area contributed by atoms with Crippen LogP contribution < -0.4 is 5.32 Å². The lowest BCUT2D eigenvalue weighted by Gasteiger charge is -2.37. The minimum Gasteiger partial charge on any atom is -0.481 e. The van der Waals surface area contributed by atoms with Crippen molar-refractivity contribution in [1.29, 1.82) is 0 Å². The van der Waals surface area contributed by atoms with Crippen LogP contribution in [0.4, 0.5) is 0 Å². The smallest absolute Gasteiger partial charge is 0.311 e. The maximum atomic E-state index is 12.2. The van der Waals surface area contributed by atoms with Crippen molar-refractivity contribution >= 4 is 17.5 Å². The molecule has 0 aliphatic heterocycles. The average Bonchev–Trinajstić information content (AvgIpc) is 2.82. The van der Waals surface area contributed by atoms with Crippen molar-refractivity contribution in [3.05, 3.63) is 35.8 Å². The molecule has 0 atom stereocenters. The number of carbonyl (C=O) groups is 2. The third-order valence-corrected chi connectivity index (χ3v) is 4.28. The topological polar surface area (TPSA) is 83.7 Å². The Morgan fingerprint density at radius 3 is 2.76 bits per heavy atom. The zero-order chi connectivity index (χ0) is 15.0. The molecule has 0 spiro atoms. The van der Waals surface area contributed by atoms with Gasteiger partial charge in [-0.3, -0.25) is 9.59 Å². The van der Waals surface area contributed by atoms with E-state index in [1.165, 1.54) is 0 Å². The molecule has 0 saturated heterocycles. The van der Waals surface area contributed by atoms with Gasteiger partial charge in [0.1, 0.15) is 11.3 Å². The zero-order valence-corrected chi connectivity index (χ0v) is 11.8. The van der Waals surface area contributed by atoms with Crippen LogP contribution in [0.5, 0.6) is 0 Å². The SMILES string of the molecule is Cc1cccc2nc(C(=O)NCC3(C(=O)O)CCC3)cn12. The van der Waals surface area contributed by atoms with E-state index in [2.05, 4.69) is 10.3 Å². The number of hydrogen-bond donors (Lipinski definition) is 2. The number of pyridine rings is 1. The van der Waals surface area contributed by atoms with Gasteiger partial charge >= 0.3 is 5.97 Å². The summed E-state index contributed by atoms with van der Waals surface area (Å²) in [6.45, 7) is 2.10. The number of imidazole rings is 1. The molecule has 21 heavy (non-hydrogen) atoms. The molecule has 0 radical (unpaired) electrons. The van der Waals surface area contributed by atoms with Crippen molar-refractivity contribution in [3.63, 3.8) is 0 Å². The Kier molecular flexibility index (Phi) is 3.16. The Balaban J connectivity index is 1.75. The molecule has 0 bridgehead atoms. The molecule has 1 amide bonds. The summed E-state index contributed by atoms with van der Waals surface area (Å²) in [6, 6.07) is 5.64. The first kappa shape index (κ1) is 13.6. The van der Waals surface area contributed by atoms with Gasteiger partial charge in [-0.15, -0.1) is 0 Å². The lowest BCUT2D eigenvalue weighted by atomic mass is 9.69. The standard InChI is InChI=1S/C15H17N3O3/c1-10-4-2-5-12-17-11(8-18(10)12)13(19)16-9-15(14(20)21)6-3-7-15/h2,4-5,8H,3,6-7,9H2,1H3,(H,16,19)(H,20,21). The quantitative estimate of drug-likeness (QED) is 0.895. The van der Waals surface area contributed by atoms with E-state index in [1.54, 1.807) is 6.20 Å². The normalized spacial score (nSPS) is 16.4. The number of amides is 1. The van der Waals surface area contributed by atoms with Crippen LogP contribution in [0.25, 0.3) is 5.65 Å². The van der Waals surface area contributed by atoms with Gasteiger partial charge in [0.25, 0.3) is 5.91 Å². The highest BCUT2D eigenvalue weighted by Crippen LogP contribution is 2.40. The largest absolute Gasteiger partial charge is 0.481 e. The van der Waals surface area contributed by atoms with E-state index in [-0.39, 0.29) is 12.5 Å². The first-order chi connectivity index (χ1) is 10.0. The van der Waals surface area contributed by atoms with Gasteiger partial charge < -0.3 is 14.8 Å². The van der Waals surface area contributed by atoms with E-state index in [4.69, 9.17) is 0 Å². The summed E-state index contributed by atoms with van der Waals surface area (Å²) in [6.07, 6.45) is 3.81. The van der Waals surface area contributed by atoms with Gasteiger partial charge in [0.05, 0.1) is 5.41 Å². The lowest BCUT2D eigenvalue weighted by molar-refractivity contribution is -0.153. The highest BCUT2D eigenvalue weighted by atomic mass is 16.4. The summed E-state index contributed by atoms with van der Waals surface area (Å²) in [7, 11) is 0. The van der Waals surface area contributed by atoms with Gasteiger partial charge in [0, 0.05) is 18.4 Å². The fourth-order valence-electron chi connectivity index (χ4n) is 2.67. The molecule has 2 N–H and O–H groups in total. The van der Waals surface area contributed by atoms with Crippen LogP contribution in [-0.4, -0.2) is 32.9 Å². The van der Waals surface area contributed by atoms with E-state index in [0.29, 0.717) is 24.2 Å². The van der Waals surface area contributed by atoms with E-state index in [1.807, 2.05) is 29.5 Å². The van der Waals surface area contributed by atoms with Crippen molar-refractivity contribution in [2.24, 2.45) is 5.41 Å². The molecule has 1 saturated carbocycles. The van der Waals surface area contributed by atoms with E-state index in [0.717, 1.165) is 12.1 Å². The summed E-state index contributed by atoms with van der Waals surface area (Å²) in [5.41, 5.74) is 1.21. The summed E-state index contributed by atoms with van der Waals surface area (Å²) < 4.78 is 1.84. The number of aryl methyl sites for hydroxylation is 1. The molecule has 0 aromatic carbocycles. The molecule has 1 aliphatic carbocycles. The predicted molar refractivity (Wildman–Crippen MR) is 76.2 cm³/mol. The number of nitrogens with one attached hydrogen (secondary N) is 1. The van der Waals surface area contributed by atoms with Crippen LogP contribution in [0.2, 0.25) is 0 Å². The summed E-state index contributed by atoms with van der Waals surface area (Å²) >= 11 is 0. The number of hydrogen-bond acceptors (Lipinski definition) is 3. The predicted octanol–water partition coefficient (Wildman–Crippen LogP) is 1.63. The second-order valence-corrected chi connectivity index (χ2v) is 5.64. The van der Waals surface area contributed by atoms with Crippen LogP contribution in [0.15, 0.2) is 24.4 Å². The second-order valence-electron chi connectivity index (χ2n) is 5.64. The van der Waals surface area contributed by atoms with Crippen LogP contribution >= 0.6 is 0 Å². The van der Waals surface area contributed by atoms with E-state index in [9.17, 15) is 14.7 Å². The Bertz CT molecular complexity index is 716. The Morgan fingerprint density at radius 1 is 1.43 bits per heavy atom. The molecule has 110 valence electrons. The minimum atomic E-state index is -0.833. The van der Waals surface area contributed by atoms with Gasteiger partial charge in [0.2, 0.25) is 0 Å². The molecule has 1 fully saturated rings. The third kappa shape index (κ3) is 2.26. The van der Waals surface area contributed by atoms with Gasteiger partial charge in [-0.05, 0) is 31.9 Å². The molecule has 1 aliphatic rings. The first-order valence-electron chi connectivity index (χ1n) is 6.98. The highest BCUT2D eigenvalue weighted by Gasteiger charge is 2.44. The van der Waals surface area contributed by atoms with Crippen molar-refractivity contribution < 1.29 is 14.7 Å². The number of aliphatic carboxylic acids is 1. The molecule has 6 nitrogen and oxygen atoms in total. The van der Waals surface area contributed by atoms with Gasteiger partial charge in [0.15, 0.2) is 0 Å². The summed E-state index contributed by atoms with van der Waals surface area (Å²) in [5, 5.41) is 12.0. The maximum absolute atomic E-state index is 12.2. The van der Waals surface area contributed by atoms with Crippen LogP contribution in [0, 0.1) is 12.3 Å². The number of carboxylic acid groups (broad SMARTS) is 1. The van der Waals surface area contributed by atoms with Crippen LogP contribution in [0.3, 0.4) is 0 Å². The summed E-state index contributed by atoms with van der Waals surface area (Å²) in [4.78, 5) is 27.7. The number of carbonyl (C=O) groups excluding carboxylic acids is 1. The van der Waals surface area contributed by atoms with Crippen molar-refractivity contribution in [2.45, 2.75) is 26.2 Å². The second kappa shape index (κ2) is 4.87. The monoisotopic (exact) mass is 287 g/mol. The zero-order valence-electron chi connectivity index (χ0n) is 11.8. The third-order valence-electron chi connectivity index (χ3n) is 4.28. The number of aromatic nitrogens is 2. The van der Waals surface area contributed by atoms with Crippen molar-refractivity contribution in [2.75, 3.05) is 6.54 Å². The van der Waals surface area contributed by atoms with Crippen molar-refractivity contribution in [3.8, 4) is 0 Å². The molecular weight excluding hydrogens is 270 g/mol. The Hall–Kier alpha value is -2.37. The highest BCUT2D eigenvalue weighted by molar-refractivity contribution is 5.93. The maximum Gasteiger partial charge on any atom is 0.311 e. The number of nitrogens with zero attached hydrogens (tertiary/aromatic N) is 2. The molecule has 2 aromatic heterocycles.